The zero-order valence-electron chi connectivity index (χ0n) is 11.9. The highest BCUT2D eigenvalue weighted by atomic mass is 32.2. The number of rotatable bonds is 6. The Morgan fingerprint density at radius 1 is 1.29 bits per heavy atom. The fourth-order valence-electron chi connectivity index (χ4n) is 1.62. The number of aliphatic carboxylic acids is 1. The van der Waals surface area contributed by atoms with E-state index >= 15 is 0 Å². The van der Waals surface area contributed by atoms with E-state index in [0.717, 1.165) is 4.31 Å². The van der Waals surface area contributed by atoms with Gasteiger partial charge in [0.05, 0.1) is 23.5 Å². The van der Waals surface area contributed by atoms with Crippen LogP contribution in [0.5, 0.6) is 0 Å². The van der Waals surface area contributed by atoms with Crippen molar-refractivity contribution in [2.45, 2.75) is 11.8 Å². The molecule has 1 aromatic carbocycles. The summed E-state index contributed by atoms with van der Waals surface area (Å²) in [6, 6.07) is 5.24. The van der Waals surface area contributed by atoms with Crippen LogP contribution in [0, 0.1) is 5.92 Å². The minimum atomic E-state index is -3.80. The Hall–Kier alpha value is -1.93. The zero-order valence-corrected chi connectivity index (χ0v) is 12.8. The molecule has 1 unspecified atom stereocenters. The van der Waals surface area contributed by atoms with E-state index in [9.17, 15) is 18.0 Å². The summed E-state index contributed by atoms with van der Waals surface area (Å²) in [4.78, 5) is 22.0. The molecule has 0 spiro atoms. The number of carbonyl (C=O) groups excluding carboxylic acids is 1. The molecule has 0 aliphatic rings. The largest absolute Gasteiger partial charge is 0.481 e. The first-order valence-electron chi connectivity index (χ1n) is 6.07. The second kappa shape index (κ2) is 6.68. The van der Waals surface area contributed by atoms with E-state index in [0.29, 0.717) is 0 Å². The number of ether oxygens (including phenoxy) is 1. The highest BCUT2D eigenvalue weighted by molar-refractivity contribution is 7.89. The van der Waals surface area contributed by atoms with Crippen LogP contribution in [-0.2, 0) is 19.6 Å². The third-order valence-corrected chi connectivity index (χ3v) is 4.77. The predicted octanol–water partition coefficient (Wildman–Crippen LogP) is 0.814. The van der Waals surface area contributed by atoms with Crippen LogP contribution in [0.15, 0.2) is 29.2 Å². The zero-order chi connectivity index (χ0) is 16.2. The maximum Gasteiger partial charge on any atom is 0.337 e. The Kier molecular flexibility index (Phi) is 5.45. The molecule has 21 heavy (non-hydrogen) atoms. The van der Waals surface area contributed by atoms with Crippen LogP contribution >= 0.6 is 0 Å². The first kappa shape index (κ1) is 17.1. The first-order chi connectivity index (χ1) is 9.70. The van der Waals surface area contributed by atoms with Crippen LogP contribution in [0.1, 0.15) is 17.3 Å². The van der Waals surface area contributed by atoms with Gasteiger partial charge in [0.2, 0.25) is 10.0 Å². The lowest BCUT2D eigenvalue weighted by Crippen LogP contribution is -2.33. The van der Waals surface area contributed by atoms with Crippen LogP contribution in [0.25, 0.3) is 0 Å². The molecule has 0 bridgehead atoms. The first-order valence-corrected chi connectivity index (χ1v) is 7.51. The van der Waals surface area contributed by atoms with Gasteiger partial charge < -0.3 is 9.84 Å². The van der Waals surface area contributed by atoms with Gasteiger partial charge in [-0.05, 0) is 24.3 Å². The summed E-state index contributed by atoms with van der Waals surface area (Å²) in [5.74, 6) is -2.45. The predicted molar refractivity (Wildman–Crippen MR) is 74.4 cm³/mol. The summed E-state index contributed by atoms with van der Waals surface area (Å²) in [5.41, 5.74) is 0.234. The molecule has 0 amide bonds. The fourth-order valence-corrected chi connectivity index (χ4v) is 2.88. The number of sulfonamides is 1. The van der Waals surface area contributed by atoms with Gasteiger partial charge in [-0.25, -0.2) is 17.5 Å². The molecule has 1 aromatic rings. The number of carbonyl (C=O) groups is 2. The highest BCUT2D eigenvalue weighted by Crippen LogP contribution is 2.17. The molecule has 8 heteroatoms. The lowest BCUT2D eigenvalue weighted by atomic mass is 10.2. The van der Waals surface area contributed by atoms with Gasteiger partial charge in [0.25, 0.3) is 0 Å². The van der Waals surface area contributed by atoms with Gasteiger partial charge in [0.15, 0.2) is 0 Å². The number of nitrogens with zero attached hydrogens (tertiary/aromatic N) is 1. The molecule has 0 saturated carbocycles. The third-order valence-electron chi connectivity index (χ3n) is 2.94. The summed E-state index contributed by atoms with van der Waals surface area (Å²) >= 11 is 0. The summed E-state index contributed by atoms with van der Waals surface area (Å²) in [6.45, 7) is 1.28. The van der Waals surface area contributed by atoms with E-state index in [2.05, 4.69) is 4.74 Å². The SMILES string of the molecule is COC(=O)c1ccc(S(=O)(=O)N(C)CC(C)C(=O)O)cc1. The van der Waals surface area contributed by atoms with E-state index in [-0.39, 0.29) is 17.0 Å². The standard InChI is InChI=1S/C13H17NO6S/c1-9(12(15)16)8-14(2)21(18,19)11-6-4-10(5-7-11)13(17)20-3/h4-7,9H,8H2,1-3H3,(H,15,16). The molecule has 0 aliphatic carbocycles. The molecule has 0 fully saturated rings. The lowest BCUT2D eigenvalue weighted by Gasteiger charge is -2.19. The average Bonchev–Trinajstić information content (AvgIpc) is 2.46. The quantitative estimate of drug-likeness (QED) is 0.780. The van der Waals surface area contributed by atoms with Gasteiger partial charge >= 0.3 is 11.9 Å². The van der Waals surface area contributed by atoms with Gasteiger partial charge in [-0.3, -0.25) is 4.79 Å². The van der Waals surface area contributed by atoms with Crippen LogP contribution in [-0.4, -0.2) is 50.5 Å². The summed E-state index contributed by atoms with van der Waals surface area (Å²) < 4.78 is 30.0. The molecule has 0 heterocycles. The van der Waals surface area contributed by atoms with E-state index in [1.807, 2.05) is 0 Å². The van der Waals surface area contributed by atoms with Crippen molar-refractivity contribution in [1.29, 1.82) is 0 Å². The molecule has 116 valence electrons. The Balaban J connectivity index is 2.97. The van der Waals surface area contributed by atoms with E-state index in [1.54, 1.807) is 0 Å². The summed E-state index contributed by atoms with van der Waals surface area (Å²) in [5, 5.41) is 8.82. The molecule has 1 rings (SSSR count). The van der Waals surface area contributed by atoms with Gasteiger partial charge in [0, 0.05) is 13.6 Å². The highest BCUT2D eigenvalue weighted by Gasteiger charge is 2.25. The van der Waals surface area contributed by atoms with Crippen LogP contribution in [0.2, 0.25) is 0 Å². The number of hydrogen-bond donors (Lipinski definition) is 1. The summed E-state index contributed by atoms with van der Waals surface area (Å²) in [7, 11) is -1.26. The van der Waals surface area contributed by atoms with Crippen molar-refractivity contribution < 1.29 is 27.9 Å². The fraction of sp³-hybridized carbons (Fsp3) is 0.385. The average molecular weight is 315 g/mol. The molecule has 1 atom stereocenters. The molecular formula is C13H17NO6S. The third kappa shape index (κ3) is 4.02. The second-order valence-corrected chi connectivity index (χ2v) is 6.59. The Bertz CT molecular complexity index is 623. The van der Waals surface area contributed by atoms with Crippen molar-refractivity contribution in [3.8, 4) is 0 Å². The molecular weight excluding hydrogens is 298 g/mol. The van der Waals surface area contributed by atoms with Crippen LogP contribution < -0.4 is 0 Å². The van der Waals surface area contributed by atoms with E-state index in [4.69, 9.17) is 5.11 Å². The van der Waals surface area contributed by atoms with E-state index < -0.39 is 27.9 Å². The number of carboxylic acid groups (broad SMARTS) is 1. The smallest absolute Gasteiger partial charge is 0.337 e. The maximum atomic E-state index is 12.3. The van der Waals surface area contributed by atoms with Gasteiger partial charge in [-0.2, -0.15) is 0 Å². The molecule has 0 saturated heterocycles. The molecule has 0 aromatic heterocycles. The molecule has 7 nitrogen and oxygen atoms in total. The molecule has 1 N–H and O–H groups in total. The minimum absolute atomic E-state index is 0.0183. The Labute approximate surface area is 123 Å². The Morgan fingerprint density at radius 3 is 2.24 bits per heavy atom. The molecule has 0 radical (unpaired) electrons. The van der Waals surface area contributed by atoms with Crippen molar-refractivity contribution >= 4 is 22.0 Å². The number of carboxylic acids is 1. The van der Waals surface area contributed by atoms with Crippen molar-refractivity contribution in [3.63, 3.8) is 0 Å². The van der Waals surface area contributed by atoms with Gasteiger partial charge in [0.1, 0.15) is 0 Å². The topological polar surface area (TPSA) is 101 Å². The van der Waals surface area contributed by atoms with Crippen molar-refractivity contribution in [2.24, 2.45) is 5.92 Å². The van der Waals surface area contributed by atoms with Gasteiger partial charge in [-0.1, -0.05) is 6.92 Å². The number of methoxy groups -OCH3 is 1. The van der Waals surface area contributed by atoms with Crippen LogP contribution in [0.4, 0.5) is 0 Å². The van der Waals surface area contributed by atoms with Gasteiger partial charge in [-0.15, -0.1) is 0 Å². The van der Waals surface area contributed by atoms with Crippen molar-refractivity contribution in [1.82, 2.24) is 4.31 Å². The Morgan fingerprint density at radius 2 is 1.81 bits per heavy atom. The normalized spacial score (nSPS) is 13.0. The lowest BCUT2D eigenvalue weighted by molar-refractivity contribution is -0.141. The molecule has 0 aliphatic heterocycles. The monoisotopic (exact) mass is 315 g/mol. The maximum absolute atomic E-state index is 12.3. The number of benzene rings is 1. The summed E-state index contributed by atoms with van der Waals surface area (Å²) in [6.07, 6.45) is 0. The van der Waals surface area contributed by atoms with Crippen LogP contribution in [0.3, 0.4) is 0 Å². The number of esters is 1. The van der Waals surface area contributed by atoms with Crippen molar-refractivity contribution in [3.05, 3.63) is 29.8 Å². The second-order valence-electron chi connectivity index (χ2n) is 4.54. The number of hydrogen-bond acceptors (Lipinski definition) is 5. The minimum Gasteiger partial charge on any atom is -0.481 e. The van der Waals surface area contributed by atoms with Crippen molar-refractivity contribution in [2.75, 3.05) is 20.7 Å². The van der Waals surface area contributed by atoms with E-state index in [1.165, 1.54) is 45.3 Å².